The highest BCUT2D eigenvalue weighted by Crippen LogP contribution is 2.44. The number of benzene rings is 2. The van der Waals surface area contributed by atoms with Crippen LogP contribution in [-0.4, -0.2) is 91.2 Å². The fraction of sp³-hybridized carbons (Fsp3) is 0.474. The highest BCUT2D eigenvalue weighted by Gasteiger charge is 2.41. The number of hydrogen-bond acceptors (Lipinski definition) is 10. The molecule has 3 unspecified atom stereocenters. The van der Waals surface area contributed by atoms with Gasteiger partial charge in [0.1, 0.15) is 0 Å². The topological polar surface area (TPSA) is 85.9 Å². The minimum absolute atomic E-state index is 0.323. The largest absolute Gasteiger partial charge is 0.493 e. The van der Waals surface area contributed by atoms with Gasteiger partial charge in [0.05, 0.1) is 53.7 Å². The summed E-state index contributed by atoms with van der Waals surface area (Å²) in [6, 6.07) is 8.54. The average molecular weight is 661 g/mol. The molecule has 3 aliphatic rings. The van der Waals surface area contributed by atoms with Crippen molar-refractivity contribution >= 4 is 0 Å². The minimum Gasteiger partial charge on any atom is -0.493 e. The van der Waals surface area contributed by atoms with E-state index in [9.17, 15) is 0 Å². The van der Waals surface area contributed by atoms with Crippen LogP contribution in [0.25, 0.3) is 0 Å². The highest BCUT2D eigenvalue weighted by atomic mass is 16.5. The van der Waals surface area contributed by atoms with E-state index >= 15 is 0 Å². The second-order valence-electron chi connectivity index (χ2n) is 12.7. The predicted octanol–water partition coefficient (Wildman–Crippen LogP) is 5.21. The van der Waals surface area contributed by atoms with E-state index in [2.05, 4.69) is 82.9 Å². The van der Waals surface area contributed by atoms with Crippen molar-refractivity contribution in [3.05, 3.63) is 84.2 Å². The quantitative estimate of drug-likeness (QED) is 0.282. The smallest absolute Gasteiger partial charge is 0.203 e. The van der Waals surface area contributed by atoms with Crippen LogP contribution in [-0.2, 0) is 11.1 Å². The molecule has 4 atom stereocenters. The number of nitrogens with zero attached hydrogens (tertiary/aromatic N) is 2. The standard InChI is InChI=1S/C38H52N4O6/c1-9-27(2)30-24-41(25-37(14-10-12-16-39-37)28-20-31(43-3)35(47-7)32(21-28)44-4)18-19-42(30)26-38(15-11-13-17-40-38)29-22-33(45-5)36(48-8)34(23-29)46-6/h10-17,20-23,27,30,39-40H,9,18-19,24-26H2,1-8H3/t27?,30-,37?,38?/m1/s1. The zero-order valence-corrected chi connectivity index (χ0v) is 29.7. The van der Waals surface area contributed by atoms with Crippen molar-refractivity contribution in [2.24, 2.45) is 5.92 Å². The molecule has 0 amide bonds. The zero-order chi connectivity index (χ0) is 34.3. The molecule has 2 aromatic rings. The van der Waals surface area contributed by atoms with Crippen LogP contribution in [0.2, 0.25) is 0 Å². The Kier molecular flexibility index (Phi) is 11.2. The third-order valence-electron chi connectivity index (χ3n) is 10.1. The van der Waals surface area contributed by atoms with E-state index in [1.165, 1.54) is 0 Å². The molecule has 2 aromatic carbocycles. The second kappa shape index (κ2) is 15.3. The first-order valence-corrected chi connectivity index (χ1v) is 16.6. The molecule has 2 N–H and O–H groups in total. The van der Waals surface area contributed by atoms with Crippen molar-refractivity contribution < 1.29 is 28.4 Å². The molecular formula is C38H52N4O6. The summed E-state index contributed by atoms with van der Waals surface area (Å²) in [6.07, 6.45) is 17.9. The molecule has 0 bridgehead atoms. The summed E-state index contributed by atoms with van der Waals surface area (Å²) in [5.74, 6) is 4.19. The Morgan fingerprint density at radius 1 is 0.667 bits per heavy atom. The first-order chi connectivity index (χ1) is 23.3. The molecule has 3 heterocycles. The van der Waals surface area contributed by atoms with E-state index in [4.69, 9.17) is 28.4 Å². The summed E-state index contributed by atoms with van der Waals surface area (Å²) in [5.41, 5.74) is 1.11. The van der Waals surface area contributed by atoms with Crippen molar-refractivity contribution in [2.45, 2.75) is 37.4 Å². The lowest BCUT2D eigenvalue weighted by Crippen LogP contribution is -2.62. The number of allylic oxidation sites excluding steroid dienone is 4. The van der Waals surface area contributed by atoms with Crippen molar-refractivity contribution in [1.82, 2.24) is 20.4 Å². The van der Waals surface area contributed by atoms with Crippen LogP contribution in [0.4, 0.5) is 0 Å². The van der Waals surface area contributed by atoms with Crippen LogP contribution < -0.4 is 39.1 Å². The lowest BCUT2D eigenvalue weighted by atomic mass is 9.84. The van der Waals surface area contributed by atoms with Crippen molar-refractivity contribution in [1.29, 1.82) is 0 Å². The molecule has 5 rings (SSSR count). The van der Waals surface area contributed by atoms with Crippen molar-refractivity contribution in [2.75, 3.05) is 75.4 Å². The summed E-state index contributed by atoms with van der Waals surface area (Å²) < 4.78 is 34.3. The van der Waals surface area contributed by atoms with E-state index in [1.807, 2.05) is 24.6 Å². The number of hydrogen-bond donors (Lipinski definition) is 2. The van der Waals surface area contributed by atoms with E-state index in [0.29, 0.717) is 46.5 Å². The molecule has 0 saturated carbocycles. The Bertz CT molecular complexity index is 1490. The third-order valence-corrected chi connectivity index (χ3v) is 10.1. The Labute approximate surface area is 286 Å². The van der Waals surface area contributed by atoms with Crippen LogP contribution in [0.15, 0.2) is 73.1 Å². The van der Waals surface area contributed by atoms with Gasteiger partial charge in [0.2, 0.25) is 11.5 Å². The van der Waals surface area contributed by atoms with Gasteiger partial charge in [0, 0.05) is 38.8 Å². The minimum atomic E-state index is -0.495. The lowest BCUT2D eigenvalue weighted by Gasteiger charge is -2.49. The molecular weight excluding hydrogens is 608 g/mol. The number of methoxy groups -OCH3 is 6. The van der Waals surface area contributed by atoms with Crippen LogP contribution in [0.5, 0.6) is 34.5 Å². The molecule has 10 heteroatoms. The van der Waals surface area contributed by atoms with E-state index in [1.54, 1.807) is 42.7 Å². The number of dihydropyridines is 2. The molecule has 1 saturated heterocycles. The zero-order valence-electron chi connectivity index (χ0n) is 29.7. The molecule has 0 aliphatic carbocycles. The lowest BCUT2D eigenvalue weighted by molar-refractivity contribution is 0.0225. The van der Waals surface area contributed by atoms with Crippen LogP contribution >= 0.6 is 0 Å². The van der Waals surface area contributed by atoms with Gasteiger partial charge in [-0.15, -0.1) is 0 Å². The summed E-state index contributed by atoms with van der Waals surface area (Å²) >= 11 is 0. The monoisotopic (exact) mass is 660 g/mol. The maximum absolute atomic E-state index is 5.76. The molecule has 260 valence electrons. The summed E-state index contributed by atoms with van der Waals surface area (Å²) in [5, 5.41) is 7.41. The molecule has 1 fully saturated rings. The molecule has 0 radical (unpaired) electrons. The predicted molar refractivity (Wildman–Crippen MR) is 190 cm³/mol. The van der Waals surface area contributed by atoms with Gasteiger partial charge in [-0.1, -0.05) is 44.6 Å². The van der Waals surface area contributed by atoms with E-state index in [0.717, 1.165) is 50.3 Å². The maximum Gasteiger partial charge on any atom is 0.203 e. The van der Waals surface area contributed by atoms with Gasteiger partial charge in [-0.2, -0.15) is 0 Å². The van der Waals surface area contributed by atoms with E-state index in [-0.39, 0.29) is 0 Å². The van der Waals surface area contributed by atoms with Gasteiger partial charge in [0.25, 0.3) is 0 Å². The Balaban J connectivity index is 1.46. The van der Waals surface area contributed by atoms with Gasteiger partial charge < -0.3 is 39.1 Å². The van der Waals surface area contributed by atoms with Gasteiger partial charge >= 0.3 is 0 Å². The van der Waals surface area contributed by atoms with Gasteiger partial charge in [0.15, 0.2) is 23.0 Å². The van der Waals surface area contributed by atoms with Gasteiger partial charge in [-0.25, -0.2) is 0 Å². The van der Waals surface area contributed by atoms with Crippen LogP contribution in [0.1, 0.15) is 31.4 Å². The molecule has 10 nitrogen and oxygen atoms in total. The first-order valence-electron chi connectivity index (χ1n) is 16.6. The highest BCUT2D eigenvalue weighted by molar-refractivity contribution is 5.57. The summed E-state index contributed by atoms with van der Waals surface area (Å²) in [6.45, 7) is 8.93. The van der Waals surface area contributed by atoms with E-state index < -0.39 is 11.1 Å². The Hall–Kier alpha value is -4.28. The second-order valence-corrected chi connectivity index (χ2v) is 12.7. The fourth-order valence-electron chi connectivity index (χ4n) is 7.19. The summed E-state index contributed by atoms with van der Waals surface area (Å²) in [4.78, 5) is 5.24. The first kappa shape index (κ1) is 35.0. The van der Waals surface area contributed by atoms with Crippen LogP contribution in [0, 0.1) is 5.92 Å². The van der Waals surface area contributed by atoms with Gasteiger partial charge in [-0.3, -0.25) is 9.80 Å². The van der Waals surface area contributed by atoms with Crippen LogP contribution in [0.3, 0.4) is 0 Å². The SMILES string of the molecule is CCC(C)[C@H]1CN(CC2(c3cc(OC)c(OC)c(OC)c3)C=CC=CN2)CCN1CC1(c2cc(OC)c(OC)c(OC)c2)C=CC=CN1. The molecule has 3 aliphatic heterocycles. The Morgan fingerprint density at radius 2 is 1.12 bits per heavy atom. The van der Waals surface area contributed by atoms with Crippen molar-refractivity contribution in [3.8, 4) is 34.5 Å². The van der Waals surface area contributed by atoms with Gasteiger partial charge in [-0.05, 0) is 65.9 Å². The summed E-state index contributed by atoms with van der Waals surface area (Å²) in [7, 11) is 9.90. The Morgan fingerprint density at radius 3 is 1.50 bits per heavy atom. The molecule has 0 aromatic heterocycles. The maximum atomic E-state index is 5.76. The molecule has 0 spiro atoms. The van der Waals surface area contributed by atoms with Crippen molar-refractivity contribution in [3.63, 3.8) is 0 Å². The normalized spacial score (nSPS) is 24.4. The number of nitrogens with one attached hydrogen (secondary N) is 2. The average Bonchev–Trinajstić information content (AvgIpc) is 3.14. The number of piperazine rings is 1. The third kappa shape index (κ3) is 6.82. The number of ether oxygens (including phenoxy) is 6. The number of rotatable bonds is 14. The fourth-order valence-corrected chi connectivity index (χ4v) is 7.19. The molecule has 48 heavy (non-hydrogen) atoms.